The lowest BCUT2D eigenvalue weighted by atomic mass is 9.99. The number of hydrogen-bond acceptors (Lipinski definition) is 3. The van der Waals surface area contributed by atoms with Crippen molar-refractivity contribution in [2.45, 2.75) is 31.3 Å². The Morgan fingerprint density at radius 1 is 1.59 bits per heavy atom. The zero-order chi connectivity index (χ0) is 12.3. The smallest absolute Gasteiger partial charge is 0.120 e. The zero-order valence-electron chi connectivity index (χ0n) is 10.1. The quantitative estimate of drug-likeness (QED) is 0.868. The summed E-state index contributed by atoms with van der Waals surface area (Å²) in [6.45, 7) is 1.10. The molecule has 1 aliphatic heterocycles. The van der Waals surface area contributed by atoms with E-state index in [1.54, 1.807) is 7.11 Å². The van der Waals surface area contributed by atoms with Crippen LogP contribution in [0.2, 0.25) is 5.02 Å². The molecular weight excluding hydrogens is 236 g/mol. The van der Waals surface area contributed by atoms with Gasteiger partial charge in [-0.15, -0.1) is 0 Å². The van der Waals surface area contributed by atoms with E-state index in [9.17, 15) is 0 Å². The molecule has 0 bridgehead atoms. The summed E-state index contributed by atoms with van der Waals surface area (Å²) in [7, 11) is 1.63. The monoisotopic (exact) mass is 254 g/mol. The molecule has 0 amide bonds. The third-order valence-corrected chi connectivity index (χ3v) is 3.64. The van der Waals surface area contributed by atoms with E-state index in [0.29, 0.717) is 11.1 Å². The van der Waals surface area contributed by atoms with Crippen molar-refractivity contribution < 1.29 is 4.74 Å². The lowest BCUT2D eigenvalue weighted by Crippen LogP contribution is -2.26. The minimum Gasteiger partial charge on any atom is -0.497 e. The van der Waals surface area contributed by atoms with Gasteiger partial charge < -0.3 is 15.8 Å². The lowest BCUT2D eigenvalue weighted by molar-refractivity contribution is 0.414. The molecule has 1 aliphatic rings. The molecule has 1 fully saturated rings. The Bertz CT molecular complexity index is 378. The Balaban J connectivity index is 2.04. The first-order chi connectivity index (χ1) is 8.20. The van der Waals surface area contributed by atoms with Gasteiger partial charge in [-0.3, -0.25) is 0 Å². The number of nitrogens with one attached hydrogen (secondary N) is 1. The fourth-order valence-electron chi connectivity index (χ4n) is 2.33. The van der Waals surface area contributed by atoms with Crippen LogP contribution in [0.3, 0.4) is 0 Å². The van der Waals surface area contributed by atoms with E-state index in [1.165, 1.54) is 12.8 Å². The number of benzene rings is 1. The highest BCUT2D eigenvalue weighted by Gasteiger charge is 2.19. The SMILES string of the molecule is COc1ccc(C(N)CC2CCCN2)c(Cl)c1. The first-order valence-electron chi connectivity index (χ1n) is 6.03. The molecule has 1 saturated heterocycles. The Morgan fingerprint density at radius 2 is 2.41 bits per heavy atom. The first-order valence-corrected chi connectivity index (χ1v) is 6.41. The number of methoxy groups -OCH3 is 1. The molecule has 1 heterocycles. The molecular formula is C13H19ClN2O. The standard InChI is InChI=1S/C13H19ClN2O/c1-17-10-4-5-11(12(14)8-10)13(15)7-9-3-2-6-16-9/h4-5,8-9,13,16H,2-3,6-7,15H2,1H3. The number of nitrogens with two attached hydrogens (primary N) is 1. The van der Waals surface area contributed by atoms with Crippen molar-refractivity contribution in [2.24, 2.45) is 5.73 Å². The topological polar surface area (TPSA) is 47.3 Å². The summed E-state index contributed by atoms with van der Waals surface area (Å²) in [5, 5.41) is 4.14. The Hall–Kier alpha value is -0.770. The van der Waals surface area contributed by atoms with Crippen molar-refractivity contribution in [1.82, 2.24) is 5.32 Å². The van der Waals surface area contributed by atoms with Gasteiger partial charge in [-0.2, -0.15) is 0 Å². The van der Waals surface area contributed by atoms with E-state index in [-0.39, 0.29) is 6.04 Å². The van der Waals surface area contributed by atoms with Crippen molar-refractivity contribution in [1.29, 1.82) is 0 Å². The molecule has 94 valence electrons. The van der Waals surface area contributed by atoms with Gasteiger partial charge in [0.25, 0.3) is 0 Å². The van der Waals surface area contributed by atoms with Gasteiger partial charge in [-0.05, 0) is 43.5 Å². The summed E-state index contributed by atoms with van der Waals surface area (Å²) in [4.78, 5) is 0. The van der Waals surface area contributed by atoms with Gasteiger partial charge in [0.05, 0.1) is 7.11 Å². The van der Waals surface area contributed by atoms with Crippen LogP contribution in [-0.4, -0.2) is 19.7 Å². The van der Waals surface area contributed by atoms with Gasteiger partial charge in [0.15, 0.2) is 0 Å². The lowest BCUT2D eigenvalue weighted by Gasteiger charge is -2.18. The van der Waals surface area contributed by atoms with Crippen LogP contribution >= 0.6 is 11.6 Å². The maximum absolute atomic E-state index is 6.21. The van der Waals surface area contributed by atoms with Gasteiger partial charge in [0.2, 0.25) is 0 Å². The second-order valence-electron chi connectivity index (χ2n) is 4.52. The Morgan fingerprint density at radius 3 is 3.00 bits per heavy atom. The summed E-state index contributed by atoms with van der Waals surface area (Å²) in [6, 6.07) is 6.20. The zero-order valence-corrected chi connectivity index (χ0v) is 10.8. The van der Waals surface area contributed by atoms with E-state index in [2.05, 4.69) is 5.32 Å². The average molecular weight is 255 g/mol. The van der Waals surface area contributed by atoms with E-state index < -0.39 is 0 Å². The van der Waals surface area contributed by atoms with E-state index >= 15 is 0 Å². The normalized spacial score (nSPS) is 21.5. The fraction of sp³-hybridized carbons (Fsp3) is 0.538. The van der Waals surface area contributed by atoms with Crippen molar-refractivity contribution in [2.75, 3.05) is 13.7 Å². The van der Waals surface area contributed by atoms with Crippen LogP contribution in [-0.2, 0) is 0 Å². The summed E-state index contributed by atoms with van der Waals surface area (Å²) in [6.07, 6.45) is 3.39. The molecule has 3 N–H and O–H groups in total. The number of hydrogen-bond donors (Lipinski definition) is 2. The average Bonchev–Trinajstić information content (AvgIpc) is 2.81. The molecule has 4 heteroatoms. The van der Waals surface area contributed by atoms with Crippen molar-refractivity contribution in [3.8, 4) is 5.75 Å². The van der Waals surface area contributed by atoms with Gasteiger partial charge in [0, 0.05) is 17.1 Å². The molecule has 1 aromatic rings. The van der Waals surface area contributed by atoms with Crippen LogP contribution in [0.1, 0.15) is 30.9 Å². The number of rotatable bonds is 4. The third kappa shape index (κ3) is 3.12. The second-order valence-corrected chi connectivity index (χ2v) is 4.93. The summed E-state index contributed by atoms with van der Waals surface area (Å²) in [5.41, 5.74) is 7.20. The molecule has 2 rings (SSSR count). The maximum atomic E-state index is 6.21. The third-order valence-electron chi connectivity index (χ3n) is 3.31. The minimum absolute atomic E-state index is 0.0102. The molecule has 3 nitrogen and oxygen atoms in total. The summed E-state index contributed by atoms with van der Waals surface area (Å²) in [5.74, 6) is 0.768. The molecule has 0 aliphatic carbocycles. The molecule has 1 aromatic carbocycles. The van der Waals surface area contributed by atoms with Crippen LogP contribution in [0.25, 0.3) is 0 Å². The van der Waals surface area contributed by atoms with Gasteiger partial charge in [0.1, 0.15) is 5.75 Å². The fourth-order valence-corrected chi connectivity index (χ4v) is 2.64. The predicted octanol–water partition coefficient (Wildman–Crippen LogP) is 2.49. The Kier molecular flexibility index (Phi) is 4.26. The van der Waals surface area contributed by atoms with Crippen LogP contribution in [0.15, 0.2) is 18.2 Å². The van der Waals surface area contributed by atoms with E-state index in [4.69, 9.17) is 22.1 Å². The van der Waals surface area contributed by atoms with E-state index in [0.717, 1.165) is 24.3 Å². The minimum atomic E-state index is -0.0102. The molecule has 0 aromatic heterocycles. The van der Waals surface area contributed by atoms with Gasteiger partial charge >= 0.3 is 0 Å². The van der Waals surface area contributed by atoms with Crippen LogP contribution in [0, 0.1) is 0 Å². The predicted molar refractivity (Wildman–Crippen MR) is 70.6 cm³/mol. The molecule has 17 heavy (non-hydrogen) atoms. The molecule has 0 radical (unpaired) electrons. The van der Waals surface area contributed by atoms with Crippen LogP contribution in [0.4, 0.5) is 0 Å². The molecule has 2 atom stereocenters. The van der Waals surface area contributed by atoms with Crippen molar-refractivity contribution in [3.05, 3.63) is 28.8 Å². The Labute approximate surface area is 107 Å². The van der Waals surface area contributed by atoms with Gasteiger partial charge in [-0.25, -0.2) is 0 Å². The number of halogens is 1. The highest BCUT2D eigenvalue weighted by molar-refractivity contribution is 6.31. The van der Waals surface area contributed by atoms with Crippen molar-refractivity contribution >= 4 is 11.6 Å². The van der Waals surface area contributed by atoms with E-state index in [1.807, 2.05) is 18.2 Å². The second kappa shape index (κ2) is 5.71. The highest BCUT2D eigenvalue weighted by Crippen LogP contribution is 2.29. The van der Waals surface area contributed by atoms with Crippen LogP contribution in [0.5, 0.6) is 5.75 Å². The maximum Gasteiger partial charge on any atom is 0.120 e. The molecule has 0 saturated carbocycles. The summed E-state index contributed by atoms with van der Waals surface area (Å²) >= 11 is 6.21. The van der Waals surface area contributed by atoms with Crippen LogP contribution < -0.4 is 15.8 Å². The summed E-state index contributed by atoms with van der Waals surface area (Å²) < 4.78 is 5.13. The molecule has 2 unspecified atom stereocenters. The van der Waals surface area contributed by atoms with Crippen molar-refractivity contribution in [3.63, 3.8) is 0 Å². The number of ether oxygens (including phenoxy) is 1. The molecule has 0 spiro atoms. The van der Waals surface area contributed by atoms with Gasteiger partial charge in [-0.1, -0.05) is 17.7 Å². The highest BCUT2D eigenvalue weighted by atomic mass is 35.5. The first kappa shape index (κ1) is 12.7. The largest absolute Gasteiger partial charge is 0.497 e.